The van der Waals surface area contributed by atoms with Crippen molar-refractivity contribution in [1.82, 2.24) is 14.6 Å². The predicted molar refractivity (Wildman–Crippen MR) is 128 cm³/mol. The fourth-order valence-electron chi connectivity index (χ4n) is 3.88. The van der Waals surface area contributed by atoms with Gasteiger partial charge in [-0.2, -0.15) is 4.31 Å². The van der Waals surface area contributed by atoms with Crippen LogP contribution in [-0.4, -0.2) is 42.7 Å². The van der Waals surface area contributed by atoms with Gasteiger partial charge in [-0.05, 0) is 37.6 Å². The molecule has 2 aromatic carbocycles. The molecule has 10 heteroatoms. The number of hydrogen-bond donors (Lipinski definition) is 1. The summed E-state index contributed by atoms with van der Waals surface area (Å²) < 4.78 is 33.9. The molecule has 0 radical (unpaired) electrons. The lowest BCUT2D eigenvalue weighted by molar-refractivity contribution is -0.119. The van der Waals surface area contributed by atoms with Gasteiger partial charge >= 0.3 is 0 Å². The van der Waals surface area contributed by atoms with Crippen molar-refractivity contribution in [3.05, 3.63) is 63.8 Å². The first-order valence-corrected chi connectivity index (χ1v) is 12.6. The highest BCUT2D eigenvalue weighted by Crippen LogP contribution is 2.35. The molecule has 1 aliphatic heterocycles. The van der Waals surface area contributed by atoms with Gasteiger partial charge in [-0.1, -0.05) is 41.4 Å². The van der Waals surface area contributed by atoms with Gasteiger partial charge in [0.2, 0.25) is 15.9 Å². The van der Waals surface area contributed by atoms with E-state index in [1.165, 1.54) is 23.4 Å². The van der Waals surface area contributed by atoms with Crippen LogP contribution in [0.5, 0.6) is 5.75 Å². The van der Waals surface area contributed by atoms with E-state index < -0.39 is 10.0 Å². The van der Waals surface area contributed by atoms with Crippen molar-refractivity contribution in [2.45, 2.75) is 37.8 Å². The number of fused-ring (bicyclic) bond motifs is 1. The van der Waals surface area contributed by atoms with Gasteiger partial charge in [0.25, 0.3) is 0 Å². The topological polar surface area (TPSA) is 88.6 Å². The minimum absolute atomic E-state index is 0.0230. The predicted octanol–water partition coefficient (Wildman–Crippen LogP) is 4.33. The van der Waals surface area contributed by atoms with Crippen LogP contribution >= 0.6 is 23.2 Å². The Morgan fingerprint density at radius 3 is 2.76 bits per heavy atom. The van der Waals surface area contributed by atoms with Crippen LogP contribution in [0.1, 0.15) is 24.6 Å². The number of aromatic nitrogens is 1. The average Bonchev–Trinajstić information content (AvgIpc) is 3.22. The molecule has 0 bridgehead atoms. The number of amides is 1. The van der Waals surface area contributed by atoms with Crippen molar-refractivity contribution in [2.24, 2.45) is 0 Å². The van der Waals surface area contributed by atoms with Gasteiger partial charge < -0.3 is 10.1 Å². The van der Waals surface area contributed by atoms with Crippen molar-refractivity contribution in [2.75, 3.05) is 13.1 Å². The number of nitrogens with zero attached hydrogens (tertiary/aromatic N) is 2. The van der Waals surface area contributed by atoms with E-state index in [0.717, 1.165) is 11.1 Å². The first kappa shape index (κ1) is 23.8. The van der Waals surface area contributed by atoms with Crippen molar-refractivity contribution in [3.8, 4) is 5.75 Å². The third-order valence-electron chi connectivity index (χ3n) is 5.52. The number of sulfonamides is 1. The second kappa shape index (κ2) is 9.46. The normalized spacial score (nSPS) is 16.8. The fourth-order valence-corrected chi connectivity index (χ4v) is 6.24. The van der Waals surface area contributed by atoms with Gasteiger partial charge in [-0.3, -0.25) is 4.79 Å². The van der Waals surface area contributed by atoms with Crippen LogP contribution in [0, 0.1) is 6.92 Å². The van der Waals surface area contributed by atoms with E-state index in [-0.39, 0.29) is 35.0 Å². The van der Waals surface area contributed by atoms with Crippen molar-refractivity contribution in [1.29, 1.82) is 0 Å². The fraction of sp³-hybridized carbons (Fsp3) is 0.304. The molecule has 1 saturated heterocycles. The van der Waals surface area contributed by atoms with Gasteiger partial charge in [-0.15, -0.1) is 0 Å². The van der Waals surface area contributed by atoms with Crippen LogP contribution in [0.4, 0.5) is 0 Å². The lowest BCUT2D eigenvalue weighted by atomic mass is 10.2. The summed E-state index contributed by atoms with van der Waals surface area (Å²) in [6.45, 7) is 3.76. The van der Waals surface area contributed by atoms with E-state index in [1.807, 2.05) is 31.2 Å². The molecular formula is C23H23Cl2N3O4S. The number of hydrogen-bond acceptors (Lipinski definition) is 5. The maximum absolute atomic E-state index is 13.3. The molecular weight excluding hydrogens is 485 g/mol. The third-order valence-corrected chi connectivity index (χ3v) is 8.33. The Labute approximate surface area is 202 Å². The molecule has 1 N–H and O–H groups in total. The molecule has 174 valence electrons. The molecule has 33 heavy (non-hydrogen) atoms. The van der Waals surface area contributed by atoms with Gasteiger partial charge in [0.1, 0.15) is 22.8 Å². The van der Waals surface area contributed by atoms with Gasteiger partial charge in [0.05, 0.1) is 5.02 Å². The molecule has 1 fully saturated rings. The molecule has 7 nitrogen and oxygen atoms in total. The van der Waals surface area contributed by atoms with Crippen molar-refractivity contribution < 1.29 is 17.9 Å². The van der Waals surface area contributed by atoms with Crippen LogP contribution in [0.3, 0.4) is 0 Å². The molecule has 1 atom stereocenters. The maximum atomic E-state index is 13.3. The molecule has 1 amide bonds. The summed E-state index contributed by atoms with van der Waals surface area (Å²) in [5.74, 6) is 0.357. The largest absolute Gasteiger partial charge is 0.487 e. The standard InChI is InChI=1S/C23H23Cl2N3O4S/c1-14-6-7-16-4-3-5-20(23(16)26-14)32-13-18-19(24)8-9-21(22(18)25)33(30,31)28-11-10-17(12-28)27-15(2)29/h3-9,17H,10-13H2,1-2H3,(H,27,29). The average molecular weight is 508 g/mol. The SMILES string of the molecule is CC(=O)NC1CCN(S(=O)(=O)c2ccc(Cl)c(COc3cccc4ccc(C)nc34)c2Cl)C1. The summed E-state index contributed by atoms with van der Waals surface area (Å²) in [6.07, 6.45) is 0.535. The quantitative estimate of drug-likeness (QED) is 0.536. The van der Waals surface area contributed by atoms with Gasteiger partial charge in [0.15, 0.2) is 0 Å². The van der Waals surface area contributed by atoms with Crippen molar-refractivity contribution >= 4 is 50.0 Å². The number of benzene rings is 2. The second-order valence-corrected chi connectivity index (χ2v) is 10.6. The second-order valence-electron chi connectivity index (χ2n) is 7.96. The zero-order valence-corrected chi connectivity index (χ0v) is 20.5. The minimum atomic E-state index is -3.88. The highest BCUT2D eigenvalue weighted by atomic mass is 35.5. The Morgan fingerprint density at radius 1 is 1.21 bits per heavy atom. The number of carbonyl (C=O) groups excluding carboxylic acids is 1. The summed E-state index contributed by atoms with van der Waals surface area (Å²) in [5, 5.41) is 4.02. The Balaban J connectivity index is 1.60. The number of halogens is 2. The number of para-hydroxylation sites is 1. The number of pyridine rings is 1. The zero-order chi connectivity index (χ0) is 23.8. The lowest BCUT2D eigenvalue weighted by Gasteiger charge is -2.19. The number of aryl methyl sites for hydroxylation is 1. The Morgan fingerprint density at radius 2 is 2.00 bits per heavy atom. The molecule has 1 aliphatic rings. The molecule has 3 aromatic rings. The molecule has 2 heterocycles. The molecule has 0 aliphatic carbocycles. The van der Waals surface area contributed by atoms with E-state index in [4.69, 9.17) is 27.9 Å². The lowest BCUT2D eigenvalue weighted by Crippen LogP contribution is -2.37. The highest BCUT2D eigenvalue weighted by Gasteiger charge is 2.35. The summed E-state index contributed by atoms with van der Waals surface area (Å²) >= 11 is 12.9. The van der Waals surface area contributed by atoms with Crippen LogP contribution in [0.25, 0.3) is 10.9 Å². The summed E-state index contributed by atoms with van der Waals surface area (Å²) in [4.78, 5) is 15.8. The van der Waals surface area contributed by atoms with Crippen molar-refractivity contribution in [3.63, 3.8) is 0 Å². The number of nitrogens with one attached hydrogen (secondary N) is 1. The van der Waals surface area contributed by atoms with Gasteiger partial charge in [0, 0.05) is 47.7 Å². The summed E-state index contributed by atoms with van der Waals surface area (Å²) in [5.41, 5.74) is 1.93. The first-order chi connectivity index (χ1) is 15.7. The van der Waals surface area contributed by atoms with Gasteiger partial charge in [-0.25, -0.2) is 13.4 Å². The van der Waals surface area contributed by atoms with Crippen LogP contribution in [0.2, 0.25) is 10.0 Å². The summed E-state index contributed by atoms with van der Waals surface area (Å²) in [6, 6.07) is 12.1. The number of ether oxygens (including phenoxy) is 1. The molecule has 0 saturated carbocycles. The zero-order valence-electron chi connectivity index (χ0n) is 18.1. The molecule has 1 unspecified atom stereocenters. The molecule has 1 aromatic heterocycles. The first-order valence-electron chi connectivity index (χ1n) is 10.4. The smallest absolute Gasteiger partial charge is 0.244 e. The van der Waals surface area contributed by atoms with E-state index in [2.05, 4.69) is 10.3 Å². The third kappa shape index (κ3) is 4.94. The van der Waals surface area contributed by atoms with Crippen LogP contribution in [-0.2, 0) is 21.4 Å². The summed E-state index contributed by atoms with van der Waals surface area (Å²) in [7, 11) is -3.88. The van der Waals surface area contributed by atoms with E-state index in [1.54, 1.807) is 6.07 Å². The monoisotopic (exact) mass is 507 g/mol. The Kier molecular flexibility index (Phi) is 6.81. The van der Waals surface area contributed by atoms with Crippen LogP contribution in [0.15, 0.2) is 47.4 Å². The number of rotatable bonds is 6. The molecule has 0 spiro atoms. The Bertz CT molecular complexity index is 1330. The van der Waals surface area contributed by atoms with Crippen LogP contribution < -0.4 is 10.1 Å². The minimum Gasteiger partial charge on any atom is -0.487 e. The molecule has 4 rings (SSSR count). The number of carbonyl (C=O) groups is 1. The van der Waals surface area contributed by atoms with E-state index >= 15 is 0 Å². The maximum Gasteiger partial charge on any atom is 0.244 e. The van der Waals surface area contributed by atoms with E-state index in [9.17, 15) is 13.2 Å². The highest BCUT2D eigenvalue weighted by molar-refractivity contribution is 7.89. The Hall–Kier alpha value is -2.39. The van der Waals surface area contributed by atoms with E-state index in [0.29, 0.717) is 34.8 Å².